The quantitative estimate of drug-likeness (QED) is 0.238. The largest absolute Gasteiger partial charge is 0.508 e. The summed E-state index contributed by atoms with van der Waals surface area (Å²) in [6.45, 7) is 0. The number of phenolic OH excluding ortho intramolecular Hbond substituents is 1. The number of nitrogens with zero attached hydrogens (tertiary/aromatic N) is 1. The van der Waals surface area contributed by atoms with Crippen LogP contribution in [-0.4, -0.2) is 10.1 Å². The van der Waals surface area contributed by atoms with Crippen LogP contribution in [0.25, 0.3) is 54.7 Å². The second-order valence-corrected chi connectivity index (χ2v) is 8.53. The molecule has 6 aromatic rings. The van der Waals surface area contributed by atoms with Crippen LogP contribution >= 0.6 is 11.3 Å². The number of thiazole rings is 1. The second kappa shape index (κ2) is 6.68. The highest BCUT2D eigenvalue weighted by atomic mass is 32.1. The van der Waals surface area contributed by atoms with Crippen molar-refractivity contribution in [1.29, 1.82) is 0 Å². The summed E-state index contributed by atoms with van der Waals surface area (Å²) >= 11 is 1.58. The van der Waals surface area contributed by atoms with Gasteiger partial charge in [-0.25, -0.2) is 4.98 Å². The summed E-state index contributed by atoms with van der Waals surface area (Å²) in [5.74, 6) is 0.273. The van der Waals surface area contributed by atoms with Gasteiger partial charge in [-0.15, -0.1) is 11.3 Å². The van der Waals surface area contributed by atoms with Gasteiger partial charge in [0.2, 0.25) is 0 Å². The Bertz CT molecular complexity index is 1610. The Balaban J connectivity index is 1.55. The molecule has 0 spiro atoms. The summed E-state index contributed by atoms with van der Waals surface area (Å²) in [6, 6.07) is 29.2. The smallest absolute Gasteiger partial charge is 0.117 e. The van der Waals surface area contributed by atoms with E-state index in [0.29, 0.717) is 0 Å². The number of benzene rings is 5. The third-order valence-electron chi connectivity index (χ3n) is 5.55. The van der Waals surface area contributed by atoms with E-state index in [0.717, 1.165) is 15.2 Å². The molecule has 1 N–H and O–H groups in total. The second-order valence-electron chi connectivity index (χ2n) is 7.47. The van der Waals surface area contributed by atoms with Crippen molar-refractivity contribution >= 4 is 66.0 Å². The van der Waals surface area contributed by atoms with Gasteiger partial charge in [-0.2, -0.15) is 0 Å². The number of aromatic hydroxyl groups is 1. The third kappa shape index (κ3) is 2.83. The van der Waals surface area contributed by atoms with Crippen LogP contribution in [0.3, 0.4) is 0 Å². The SMILES string of the molecule is Oc1ccc2nc(C=Cc3cccc4ccc5cc6ccccc6cc5c34)sc2c1. The Kier molecular flexibility index (Phi) is 3.83. The molecule has 0 saturated heterocycles. The van der Waals surface area contributed by atoms with Crippen molar-refractivity contribution in [2.45, 2.75) is 0 Å². The van der Waals surface area contributed by atoms with Gasteiger partial charge in [0, 0.05) is 0 Å². The maximum absolute atomic E-state index is 9.70. The standard InChI is InChI=1S/C27H17NOS/c29-22-11-12-24-25(16-22)30-26(28-24)13-10-18-7-3-6-17-8-9-21-14-19-4-1-2-5-20(19)15-23(21)27(17)18/h1-16,29H. The van der Waals surface area contributed by atoms with E-state index in [1.807, 2.05) is 6.07 Å². The number of phenols is 1. The molecule has 30 heavy (non-hydrogen) atoms. The molecule has 0 aliphatic rings. The fourth-order valence-electron chi connectivity index (χ4n) is 4.13. The topological polar surface area (TPSA) is 33.1 Å². The van der Waals surface area contributed by atoms with Crippen molar-refractivity contribution in [3.05, 3.63) is 95.5 Å². The van der Waals surface area contributed by atoms with Crippen molar-refractivity contribution in [2.24, 2.45) is 0 Å². The summed E-state index contributed by atoms with van der Waals surface area (Å²) in [4.78, 5) is 4.67. The lowest BCUT2D eigenvalue weighted by molar-refractivity contribution is 0.476. The summed E-state index contributed by atoms with van der Waals surface area (Å²) in [7, 11) is 0. The zero-order chi connectivity index (χ0) is 20.1. The number of hydrogen-bond acceptors (Lipinski definition) is 3. The van der Waals surface area contributed by atoms with Crippen LogP contribution in [-0.2, 0) is 0 Å². The maximum atomic E-state index is 9.70. The fraction of sp³-hybridized carbons (Fsp3) is 0. The zero-order valence-corrected chi connectivity index (χ0v) is 16.9. The van der Waals surface area contributed by atoms with E-state index < -0.39 is 0 Å². The van der Waals surface area contributed by atoms with Gasteiger partial charge in [0.25, 0.3) is 0 Å². The van der Waals surface area contributed by atoms with Crippen LogP contribution in [0.15, 0.2) is 84.9 Å². The summed E-state index contributed by atoms with van der Waals surface area (Å²) in [5, 5.41) is 18.1. The van der Waals surface area contributed by atoms with Crippen LogP contribution < -0.4 is 0 Å². The molecule has 0 atom stereocenters. The van der Waals surface area contributed by atoms with Crippen LogP contribution in [0, 0.1) is 0 Å². The first-order valence-corrected chi connectivity index (χ1v) is 10.7. The average Bonchev–Trinajstić information content (AvgIpc) is 3.18. The van der Waals surface area contributed by atoms with Gasteiger partial charge >= 0.3 is 0 Å². The van der Waals surface area contributed by atoms with E-state index in [2.05, 4.69) is 83.9 Å². The molecule has 0 saturated carbocycles. The first kappa shape index (κ1) is 17.2. The van der Waals surface area contributed by atoms with Gasteiger partial charge in [-0.3, -0.25) is 0 Å². The molecule has 2 nitrogen and oxygen atoms in total. The first-order valence-electron chi connectivity index (χ1n) is 9.86. The lowest BCUT2D eigenvalue weighted by Crippen LogP contribution is -1.83. The Morgan fingerprint density at radius 3 is 2.40 bits per heavy atom. The lowest BCUT2D eigenvalue weighted by atomic mass is 9.95. The van der Waals surface area contributed by atoms with Gasteiger partial charge in [-0.1, -0.05) is 60.7 Å². The number of aromatic nitrogens is 1. The molecule has 1 heterocycles. The molecular weight excluding hydrogens is 386 g/mol. The molecular formula is C27H17NOS. The zero-order valence-electron chi connectivity index (χ0n) is 16.0. The Hall–Kier alpha value is -3.69. The molecule has 0 aliphatic heterocycles. The van der Waals surface area contributed by atoms with E-state index in [-0.39, 0.29) is 5.75 Å². The van der Waals surface area contributed by atoms with Crippen molar-refractivity contribution in [3.8, 4) is 5.75 Å². The van der Waals surface area contributed by atoms with Crippen LogP contribution in [0.1, 0.15) is 10.6 Å². The van der Waals surface area contributed by atoms with Crippen molar-refractivity contribution in [2.75, 3.05) is 0 Å². The van der Waals surface area contributed by atoms with Gasteiger partial charge in [0.05, 0.1) is 10.2 Å². The molecule has 3 heteroatoms. The fourth-order valence-corrected chi connectivity index (χ4v) is 5.04. The molecule has 0 bridgehead atoms. The molecule has 6 rings (SSSR count). The minimum Gasteiger partial charge on any atom is -0.508 e. The Morgan fingerprint density at radius 1 is 0.700 bits per heavy atom. The van der Waals surface area contributed by atoms with E-state index in [9.17, 15) is 5.11 Å². The van der Waals surface area contributed by atoms with E-state index in [4.69, 9.17) is 0 Å². The van der Waals surface area contributed by atoms with Crippen LogP contribution in [0.5, 0.6) is 5.75 Å². The van der Waals surface area contributed by atoms with Gasteiger partial charge in [0.15, 0.2) is 0 Å². The molecule has 0 radical (unpaired) electrons. The molecule has 1 aromatic heterocycles. The average molecular weight is 404 g/mol. The molecule has 0 aliphatic carbocycles. The molecule has 0 fully saturated rings. The number of hydrogen-bond donors (Lipinski definition) is 1. The van der Waals surface area contributed by atoms with Gasteiger partial charge < -0.3 is 5.11 Å². The van der Waals surface area contributed by atoms with E-state index in [1.165, 1.54) is 37.9 Å². The highest BCUT2D eigenvalue weighted by Gasteiger charge is 2.07. The summed E-state index contributed by atoms with van der Waals surface area (Å²) in [6.07, 6.45) is 4.21. The predicted octanol–water partition coefficient (Wildman–Crippen LogP) is 7.63. The van der Waals surface area contributed by atoms with E-state index >= 15 is 0 Å². The molecule has 0 amide bonds. The first-order chi connectivity index (χ1) is 14.7. The van der Waals surface area contributed by atoms with Gasteiger partial charge in [-0.05, 0) is 74.3 Å². The van der Waals surface area contributed by atoms with Crippen molar-refractivity contribution in [1.82, 2.24) is 4.98 Å². The molecule has 0 unspecified atom stereocenters. The van der Waals surface area contributed by atoms with E-state index in [1.54, 1.807) is 23.5 Å². The van der Waals surface area contributed by atoms with Crippen LogP contribution in [0.4, 0.5) is 0 Å². The Morgan fingerprint density at radius 2 is 1.50 bits per heavy atom. The normalized spacial score (nSPS) is 12.0. The lowest BCUT2D eigenvalue weighted by Gasteiger charge is -2.09. The van der Waals surface area contributed by atoms with Crippen molar-refractivity contribution in [3.63, 3.8) is 0 Å². The molecule has 142 valence electrons. The highest BCUT2D eigenvalue weighted by Crippen LogP contribution is 2.33. The number of rotatable bonds is 2. The summed E-state index contributed by atoms with van der Waals surface area (Å²) < 4.78 is 0.990. The van der Waals surface area contributed by atoms with Crippen LogP contribution in [0.2, 0.25) is 0 Å². The monoisotopic (exact) mass is 403 g/mol. The van der Waals surface area contributed by atoms with Gasteiger partial charge in [0.1, 0.15) is 10.8 Å². The summed E-state index contributed by atoms with van der Waals surface area (Å²) in [5.41, 5.74) is 2.09. The predicted molar refractivity (Wildman–Crippen MR) is 129 cm³/mol. The number of fused-ring (bicyclic) bond motifs is 5. The third-order valence-corrected chi connectivity index (χ3v) is 6.54. The van der Waals surface area contributed by atoms with Crippen molar-refractivity contribution < 1.29 is 5.11 Å². The Labute approximate surface area is 177 Å². The minimum atomic E-state index is 0.273. The highest BCUT2D eigenvalue weighted by molar-refractivity contribution is 7.19. The maximum Gasteiger partial charge on any atom is 0.117 e. The molecule has 5 aromatic carbocycles. The minimum absolute atomic E-state index is 0.273.